The van der Waals surface area contributed by atoms with Gasteiger partial charge in [-0.25, -0.2) is 4.98 Å². The van der Waals surface area contributed by atoms with Crippen molar-refractivity contribution in [2.75, 3.05) is 31.1 Å². The molecule has 0 aromatic carbocycles. The van der Waals surface area contributed by atoms with Crippen molar-refractivity contribution in [1.82, 2.24) is 9.88 Å². The minimum absolute atomic E-state index is 0.613. The molecule has 1 aliphatic rings. The molecule has 0 N–H and O–H groups in total. The topological polar surface area (TPSA) is 19.4 Å². The number of halogens is 4. The SMILES string of the molecule is FC(F)(F)c1ccc(N2CCCN(Cc3sccc3Br)CC2)nc1. The van der Waals surface area contributed by atoms with Crippen molar-refractivity contribution in [3.05, 3.63) is 44.7 Å². The summed E-state index contributed by atoms with van der Waals surface area (Å²) in [5.74, 6) is 0.613. The third-order valence-corrected chi connectivity index (χ3v) is 5.96. The van der Waals surface area contributed by atoms with Gasteiger partial charge in [-0.2, -0.15) is 13.2 Å². The molecule has 0 unspecified atom stereocenters. The number of pyridine rings is 1. The van der Waals surface area contributed by atoms with Gasteiger partial charge >= 0.3 is 6.18 Å². The van der Waals surface area contributed by atoms with Crippen LogP contribution in [0.5, 0.6) is 0 Å². The van der Waals surface area contributed by atoms with E-state index in [-0.39, 0.29) is 0 Å². The molecule has 0 saturated carbocycles. The quantitative estimate of drug-likeness (QED) is 0.722. The molecule has 8 heteroatoms. The molecule has 3 rings (SSSR count). The third kappa shape index (κ3) is 4.29. The van der Waals surface area contributed by atoms with Gasteiger partial charge in [0.1, 0.15) is 5.82 Å². The van der Waals surface area contributed by atoms with Gasteiger partial charge in [-0.15, -0.1) is 11.3 Å². The summed E-state index contributed by atoms with van der Waals surface area (Å²) in [5.41, 5.74) is -0.703. The van der Waals surface area contributed by atoms with Crippen molar-refractivity contribution in [3.63, 3.8) is 0 Å². The minimum Gasteiger partial charge on any atom is -0.355 e. The van der Waals surface area contributed by atoms with E-state index in [1.807, 2.05) is 0 Å². The Hall–Kier alpha value is -1.12. The fourth-order valence-corrected chi connectivity index (χ4v) is 4.26. The second kappa shape index (κ2) is 7.41. The molecule has 0 atom stereocenters. The van der Waals surface area contributed by atoms with E-state index in [2.05, 4.69) is 42.2 Å². The third-order valence-electron chi connectivity index (χ3n) is 4.05. The second-order valence-electron chi connectivity index (χ2n) is 5.71. The zero-order valence-electron chi connectivity index (χ0n) is 12.9. The first-order chi connectivity index (χ1) is 11.4. The smallest absolute Gasteiger partial charge is 0.355 e. The Labute approximate surface area is 151 Å². The van der Waals surface area contributed by atoms with E-state index < -0.39 is 11.7 Å². The molecular formula is C16H17BrF3N3S. The number of rotatable bonds is 3. The lowest BCUT2D eigenvalue weighted by Crippen LogP contribution is -2.30. The van der Waals surface area contributed by atoms with Gasteiger partial charge in [0.25, 0.3) is 0 Å². The summed E-state index contributed by atoms with van der Waals surface area (Å²) in [6.45, 7) is 4.31. The Bertz CT molecular complexity index is 672. The van der Waals surface area contributed by atoms with E-state index in [9.17, 15) is 13.2 Å². The van der Waals surface area contributed by atoms with Crippen LogP contribution in [0.4, 0.5) is 19.0 Å². The number of thiophene rings is 1. The fraction of sp³-hybridized carbons (Fsp3) is 0.438. The Balaban J connectivity index is 1.62. The molecule has 0 radical (unpaired) electrons. The Morgan fingerprint density at radius 1 is 1.12 bits per heavy atom. The maximum Gasteiger partial charge on any atom is 0.417 e. The second-order valence-corrected chi connectivity index (χ2v) is 7.57. The largest absolute Gasteiger partial charge is 0.417 e. The average Bonchev–Trinajstić information content (AvgIpc) is 2.81. The van der Waals surface area contributed by atoms with Crippen LogP contribution in [0.3, 0.4) is 0 Å². The Morgan fingerprint density at radius 3 is 2.58 bits per heavy atom. The number of alkyl halides is 3. The predicted molar refractivity (Wildman–Crippen MR) is 93.4 cm³/mol. The first kappa shape index (κ1) is 17.7. The van der Waals surface area contributed by atoms with Crippen molar-refractivity contribution in [2.24, 2.45) is 0 Å². The summed E-state index contributed by atoms with van der Waals surface area (Å²) in [7, 11) is 0. The highest BCUT2D eigenvalue weighted by atomic mass is 79.9. The first-order valence-corrected chi connectivity index (χ1v) is 9.33. The van der Waals surface area contributed by atoms with Crippen LogP contribution in [0, 0.1) is 0 Å². The molecule has 3 nitrogen and oxygen atoms in total. The Morgan fingerprint density at radius 2 is 1.96 bits per heavy atom. The van der Waals surface area contributed by atoms with Crippen LogP contribution in [0.25, 0.3) is 0 Å². The van der Waals surface area contributed by atoms with Gasteiger partial charge in [-0.05, 0) is 45.9 Å². The van der Waals surface area contributed by atoms with Gasteiger partial charge in [-0.1, -0.05) is 0 Å². The normalized spacial score (nSPS) is 17.1. The van der Waals surface area contributed by atoms with Crippen molar-refractivity contribution in [1.29, 1.82) is 0 Å². The average molecular weight is 420 g/mol. The van der Waals surface area contributed by atoms with Crippen molar-refractivity contribution >= 4 is 33.1 Å². The lowest BCUT2D eigenvalue weighted by molar-refractivity contribution is -0.137. The van der Waals surface area contributed by atoms with Crippen molar-refractivity contribution in [2.45, 2.75) is 19.1 Å². The molecule has 24 heavy (non-hydrogen) atoms. The lowest BCUT2D eigenvalue weighted by atomic mass is 10.2. The molecule has 0 aliphatic carbocycles. The molecule has 130 valence electrons. The molecule has 0 bridgehead atoms. The zero-order chi connectivity index (χ0) is 17.2. The van der Waals surface area contributed by atoms with Crippen molar-refractivity contribution in [3.8, 4) is 0 Å². The van der Waals surface area contributed by atoms with Crippen LogP contribution in [-0.4, -0.2) is 36.1 Å². The highest BCUT2D eigenvalue weighted by Gasteiger charge is 2.31. The molecule has 2 aromatic rings. The highest BCUT2D eigenvalue weighted by molar-refractivity contribution is 9.10. The van der Waals surface area contributed by atoms with Gasteiger partial charge in [0.05, 0.1) is 5.56 Å². The molecule has 1 fully saturated rings. The molecular weight excluding hydrogens is 403 g/mol. The van der Waals surface area contributed by atoms with E-state index in [4.69, 9.17) is 0 Å². The summed E-state index contributed by atoms with van der Waals surface area (Å²) >= 11 is 5.29. The zero-order valence-corrected chi connectivity index (χ0v) is 15.3. The summed E-state index contributed by atoms with van der Waals surface area (Å²) in [6.07, 6.45) is -2.46. The van der Waals surface area contributed by atoms with Crippen LogP contribution in [0.1, 0.15) is 16.9 Å². The van der Waals surface area contributed by atoms with Crippen LogP contribution in [0.15, 0.2) is 34.2 Å². The molecule has 0 spiro atoms. The summed E-state index contributed by atoms with van der Waals surface area (Å²) in [4.78, 5) is 9.74. The number of hydrogen-bond acceptors (Lipinski definition) is 4. The van der Waals surface area contributed by atoms with Gasteiger partial charge in [0, 0.05) is 48.3 Å². The fourth-order valence-electron chi connectivity index (χ4n) is 2.74. The number of aromatic nitrogens is 1. The van der Waals surface area contributed by atoms with Crippen molar-refractivity contribution < 1.29 is 13.2 Å². The van der Waals surface area contributed by atoms with Gasteiger partial charge in [0.2, 0.25) is 0 Å². The van der Waals surface area contributed by atoms with Crippen LogP contribution >= 0.6 is 27.3 Å². The molecule has 1 saturated heterocycles. The maximum atomic E-state index is 12.6. The summed E-state index contributed by atoms with van der Waals surface area (Å²) < 4.78 is 39.0. The number of anilines is 1. The standard InChI is InChI=1S/C16H17BrF3N3S/c17-13-4-9-24-14(13)11-22-5-1-6-23(8-7-22)15-3-2-12(10-21-15)16(18,19)20/h2-4,9-10H,1,5-8,11H2. The summed E-state index contributed by atoms with van der Waals surface area (Å²) in [5, 5.41) is 2.07. The van der Waals surface area contributed by atoms with Gasteiger partial charge in [0.15, 0.2) is 0 Å². The molecule has 1 aliphatic heterocycles. The maximum absolute atomic E-state index is 12.6. The minimum atomic E-state index is -4.34. The van der Waals surface area contributed by atoms with Crippen LogP contribution < -0.4 is 4.90 Å². The number of hydrogen-bond donors (Lipinski definition) is 0. The van der Waals surface area contributed by atoms with Gasteiger partial charge in [-0.3, -0.25) is 4.90 Å². The van der Waals surface area contributed by atoms with Crippen LogP contribution in [-0.2, 0) is 12.7 Å². The van der Waals surface area contributed by atoms with Crippen LogP contribution in [0.2, 0.25) is 0 Å². The molecule has 2 aromatic heterocycles. The highest BCUT2D eigenvalue weighted by Crippen LogP contribution is 2.29. The molecule has 3 heterocycles. The monoisotopic (exact) mass is 419 g/mol. The van der Waals surface area contributed by atoms with E-state index >= 15 is 0 Å². The first-order valence-electron chi connectivity index (χ1n) is 7.66. The molecule has 0 amide bonds. The van der Waals surface area contributed by atoms with E-state index in [0.29, 0.717) is 5.82 Å². The van der Waals surface area contributed by atoms with E-state index in [0.717, 1.165) is 55.9 Å². The number of nitrogens with zero attached hydrogens (tertiary/aromatic N) is 3. The Kier molecular flexibility index (Phi) is 5.46. The summed E-state index contributed by atoms with van der Waals surface area (Å²) in [6, 6.07) is 4.62. The van der Waals surface area contributed by atoms with E-state index in [1.165, 1.54) is 10.9 Å². The lowest BCUT2D eigenvalue weighted by Gasteiger charge is -2.23. The van der Waals surface area contributed by atoms with E-state index in [1.54, 1.807) is 11.3 Å². The predicted octanol–water partition coefficient (Wildman–Crippen LogP) is 4.64. The van der Waals surface area contributed by atoms with Gasteiger partial charge < -0.3 is 4.90 Å².